The first-order chi connectivity index (χ1) is 2.77. The van der Waals surface area contributed by atoms with Crippen LogP contribution in [0, 0.1) is 11.2 Å². The Labute approximate surface area is 41.6 Å². The number of rotatable bonds is 1. The van der Waals surface area contributed by atoms with E-state index < -0.39 is 0 Å². The molecule has 0 saturated carbocycles. The fourth-order valence-corrected chi connectivity index (χ4v) is 0.381. The highest BCUT2D eigenvalue weighted by Gasteiger charge is 1.79. The summed E-state index contributed by atoms with van der Waals surface area (Å²) in [6.07, 6.45) is 0. The average Bonchev–Trinajstić information content (AvgIpc) is 1.35. The Morgan fingerprint density at radius 2 is 2.50 bits per heavy atom. The number of hydrogen-bond acceptors (Lipinski definition) is 2. The van der Waals surface area contributed by atoms with Crippen LogP contribution in [-0.4, -0.2) is 5.17 Å². The van der Waals surface area contributed by atoms with E-state index in [1.807, 2.05) is 6.92 Å². The molecule has 2 nitrogen and oxygen atoms in total. The van der Waals surface area contributed by atoms with Gasteiger partial charge in [0, 0.05) is 5.75 Å². The van der Waals surface area contributed by atoms with Gasteiger partial charge in [-0.25, -0.2) is 0 Å². The molecule has 0 aromatic carbocycles. The molecule has 0 aliphatic heterocycles. The Morgan fingerprint density at radius 1 is 2.00 bits per heavy atom. The van der Waals surface area contributed by atoms with E-state index in [4.69, 9.17) is 11.1 Å². The van der Waals surface area contributed by atoms with Gasteiger partial charge in [0.05, 0.1) is 0 Å². The predicted molar refractivity (Wildman–Crippen MR) is 29.5 cm³/mol. The molecule has 0 unspecified atom stereocenters. The molecule has 0 aliphatic rings. The van der Waals surface area contributed by atoms with Crippen molar-refractivity contribution in [2.75, 3.05) is 0 Å². The van der Waals surface area contributed by atoms with Crippen LogP contribution in [0.3, 0.4) is 0 Å². The molecule has 0 aromatic heterocycles. The third kappa shape index (κ3) is 3.82. The van der Waals surface area contributed by atoms with Gasteiger partial charge in [0.25, 0.3) is 0 Å². The molecule has 0 fully saturated rings. The highest BCUT2D eigenvalue weighted by Crippen LogP contribution is 1.99. The topological polar surface area (TPSA) is 49.9 Å². The van der Waals surface area contributed by atoms with Crippen LogP contribution >= 0.6 is 11.8 Å². The standard InChI is InChI=1S/C3H7N2S/c1-2-6-3(4)5/h2H,1H3,(H3,4,5). The Morgan fingerprint density at radius 3 is 2.50 bits per heavy atom. The monoisotopic (exact) mass is 103 g/mol. The number of thioether (sulfide) groups is 1. The average molecular weight is 103 g/mol. The highest BCUT2D eigenvalue weighted by atomic mass is 32.2. The van der Waals surface area contributed by atoms with E-state index in [1.54, 1.807) is 5.75 Å². The Kier molecular flexibility index (Phi) is 2.94. The predicted octanol–water partition coefficient (Wildman–Crippen LogP) is 0.795. The van der Waals surface area contributed by atoms with Gasteiger partial charge in [0.2, 0.25) is 0 Å². The first-order valence-electron chi connectivity index (χ1n) is 1.56. The molecule has 3 N–H and O–H groups in total. The molecule has 0 aliphatic carbocycles. The van der Waals surface area contributed by atoms with Crippen molar-refractivity contribution in [1.29, 1.82) is 5.41 Å². The lowest BCUT2D eigenvalue weighted by Crippen LogP contribution is -2.01. The molecule has 6 heavy (non-hydrogen) atoms. The van der Waals surface area contributed by atoms with Crippen LogP contribution in [0.5, 0.6) is 0 Å². The maximum Gasteiger partial charge on any atom is 0.151 e. The maximum absolute atomic E-state index is 6.60. The largest absolute Gasteiger partial charge is 0.379 e. The summed E-state index contributed by atoms with van der Waals surface area (Å²) in [5.74, 6) is 1.77. The van der Waals surface area contributed by atoms with Gasteiger partial charge in [0.1, 0.15) is 0 Å². The van der Waals surface area contributed by atoms with Gasteiger partial charge in [-0.1, -0.05) is 18.7 Å². The lowest BCUT2D eigenvalue weighted by molar-refractivity contribution is 1.50. The SMILES string of the molecule is C[CH]SC(=N)N. The summed E-state index contributed by atoms with van der Waals surface area (Å²) >= 11 is 1.22. The third-order valence-electron chi connectivity index (χ3n) is 0.245. The zero-order valence-corrected chi connectivity index (χ0v) is 4.38. The molecule has 35 valence electrons. The Balaban J connectivity index is 2.83. The van der Waals surface area contributed by atoms with E-state index >= 15 is 0 Å². The van der Waals surface area contributed by atoms with Crippen LogP contribution in [0.2, 0.25) is 0 Å². The summed E-state index contributed by atoms with van der Waals surface area (Å²) < 4.78 is 0. The minimum Gasteiger partial charge on any atom is -0.379 e. The summed E-state index contributed by atoms with van der Waals surface area (Å²) in [5.41, 5.74) is 4.92. The first-order valence-corrected chi connectivity index (χ1v) is 2.44. The van der Waals surface area contributed by atoms with Gasteiger partial charge in [-0.15, -0.1) is 0 Å². The van der Waals surface area contributed by atoms with E-state index in [2.05, 4.69) is 0 Å². The molecule has 0 aromatic rings. The Bertz CT molecular complexity index is 52.8. The summed E-state index contributed by atoms with van der Waals surface area (Å²) in [7, 11) is 0. The molecule has 1 radical (unpaired) electrons. The molecule has 0 rings (SSSR count). The number of amidine groups is 1. The molecule has 0 amide bonds. The maximum atomic E-state index is 6.60. The summed E-state index contributed by atoms with van der Waals surface area (Å²) in [6.45, 7) is 1.84. The molecule has 0 bridgehead atoms. The van der Waals surface area contributed by atoms with Crippen molar-refractivity contribution in [3.63, 3.8) is 0 Å². The Hall–Kier alpha value is -0.180. The van der Waals surface area contributed by atoms with Crippen molar-refractivity contribution >= 4 is 16.9 Å². The van der Waals surface area contributed by atoms with Crippen LogP contribution in [0.1, 0.15) is 6.92 Å². The van der Waals surface area contributed by atoms with Crippen LogP contribution in [0.15, 0.2) is 0 Å². The van der Waals surface area contributed by atoms with Crippen LogP contribution in [-0.2, 0) is 0 Å². The van der Waals surface area contributed by atoms with E-state index in [9.17, 15) is 0 Å². The first kappa shape index (κ1) is 5.82. The minimum absolute atomic E-state index is 0.150. The van der Waals surface area contributed by atoms with Crippen LogP contribution in [0.25, 0.3) is 0 Å². The van der Waals surface area contributed by atoms with Crippen molar-refractivity contribution in [3.05, 3.63) is 5.75 Å². The fourth-order valence-electron chi connectivity index (χ4n) is 0.127. The number of nitrogens with two attached hydrogens (primary N) is 1. The fraction of sp³-hybridized carbons (Fsp3) is 0.333. The number of nitrogens with one attached hydrogen (secondary N) is 1. The smallest absolute Gasteiger partial charge is 0.151 e. The van der Waals surface area contributed by atoms with Crippen molar-refractivity contribution in [2.24, 2.45) is 5.73 Å². The molecule has 3 heteroatoms. The second kappa shape index (κ2) is 3.03. The second-order valence-electron chi connectivity index (χ2n) is 0.718. The minimum atomic E-state index is 0.150. The van der Waals surface area contributed by atoms with Crippen molar-refractivity contribution in [3.8, 4) is 0 Å². The van der Waals surface area contributed by atoms with Gasteiger partial charge in [-0.05, 0) is 0 Å². The van der Waals surface area contributed by atoms with E-state index in [-0.39, 0.29) is 5.17 Å². The van der Waals surface area contributed by atoms with Crippen molar-refractivity contribution in [2.45, 2.75) is 6.92 Å². The van der Waals surface area contributed by atoms with Gasteiger partial charge in [-0.2, -0.15) is 0 Å². The molecule has 0 heterocycles. The quantitative estimate of drug-likeness (QED) is 0.381. The molecular formula is C3H7N2S. The van der Waals surface area contributed by atoms with E-state index in [0.717, 1.165) is 0 Å². The lowest BCUT2D eigenvalue weighted by atomic mass is 11.0. The zero-order valence-electron chi connectivity index (χ0n) is 3.56. The van der Waals surface area contributed by atoms with Crippen LogP contribution < -0.4 is 5.73 Å². The van der Waals surface area contributed by atoms with Gasteiger partial charge < -0.3 is 5.73 Å². The zero-order chi connectivity index (χ0) is 4.99. The van der Waals surface area contributed by atoms with Gasteiger partial charge in [0.15, 0.2) is 5.17 Å². The van der Waals surface area contributed by atoms with E-state index in [1.165, 1.54) is 11.8 Å². The molecule has 0 saturated heterocycles. The highest BCUT2D eigenvalue weighted by molar-refractivity contribution is 8.15. The molecular weight excluding hydrogens is 96.1 g/mol. The normalized spacial score (nSPS) is 8.17. The van der Waals surface area contributed by atoms with Gasteiger partial charge in [-0.3, -0.25) is 5.41 Å². The molecule has 0 atom stereocenters. The van der Waals surface area contributed by atoms with E-state index in [0.29, 0.717) is 0 Å². The summed E-state index contributed by atoms with van der Waals surface area (Å²) in [4.78, 5) is 0. The van der Waals surface area contributed by atoms with Crippen molar-refractivity contribution < 1.29 is 0 Å². The summed E-state index contributed by atoms with van der Waals surface area (Å²) in [5, 5.41) is 6.75. The summed E-state index contributed by atoms with van der Waals surface area (Å²) in [6, 6.07) is 0. The molecule has 0 spiro atoms. The van der Waals surface area contributed by atoms with Crippen molar-refractivity contribution in [1.82, 2.24) is 0 Å². The third-order valence-corrected chi connectivity index (χ3v) is 0.734. The van der Waals surface area contributed by atoms with Crippen LogP contribution in [0.4, 0.5) is 0 Å². The lowest BCUT2D eigenvalue weighted by Gasteiger charge is -1.85. The second-order valence-corrected chi connectivity index (χ2v) is 1.86. The van der Waals surface area contributed by atoms with Gasteiger partial charge >= 0.3 is 0 Å². The number of hydrogen-bond donors (Lipinski definition) is 2.